The van der Waals surface area contributed by atoms with Crippen molar-refractivity contribution >= 4 is 39.8 Å². The number of aromatic nitrogens is 2. The Morgan fingerprint density at radius 3 is 2.69 bits per heavy atom. The number of hydrogen-bond acceptors (Lipinski definition) is 6. The molecule has 0 aliphatic carbocycles. The molecule has 8 heteroatoms. The van der Waals surface area contributed by atoms with Crippen molar-refractivity contribution in [3.63, 3.8) is 0 Å². The van der Waals surface area contributed by atoms with Gasteiger partial charge in [0.05, 0.1) is 17.6 Å². The van der Waals surface area contributed by atoms with Crippen LogP contribution in [0, 0.1) is 5.82 Å². The molecule has 0 spiro atoms. The van der Waals surface area contributed by atoms with Crippen LogP contribution in [0.3, 0.4) is 0 Å². The SMILES string of the molecule is COc1cc2ncnc(Nc3ccc(F)c(Cl)c3)c2cc1CC(=O)/C=C/CN(C)Cc1ccccc1. The fourth-order valence-corrected chi connectivity index (χ4v) is 4.02. The van der Waals surface area contributed by atoms with Gasteiger partial charge in [0.2, 0.25) is 0 Å². The van der Waals surface area contributed by atoms with Gasteiger partial charge in [0, 0.05) is 42.2 Å². The van der Waals surface area contributed by atoms with E-state index < -0.39 is 5.82 Å². The van der Waals surface area contributed by atoms with Gasteiger partial charge in [-0.2, -0.15) is 0 Å². The molecule has 0 radical (unpaired) electrons. The molecule has 0 atom stereocenters. The van der Waals surface area contributed by atoms with Crippen LogP contribution < -0.4 is 10.1 Å². The van der Waals surface area contributed by atoms with Crippen LogP contribution in [0.5, 0.6) is 5.75 Å². The lowest BCUT2D eigenvalue weighted by Crippen LogP contribution is -2.17. The Labute approximate surface area is 214 Å². The standard InChI is InChI=1S/C28H26ClFN4O2/c1-34(17-19-7-4-3-5-8-19)12-6-9-22(35)13-20-14-23-26(16-27(20)36-2)31-18-32-28(23)33-21-10-11-25(30)24(29)15-21/h3-11,14-16,18H,12-13,17H2,1-2H3,(H,31,32,33)/b9-6+. The van der Waals surface area contributed by atoms with Crippen molar-refractivity contribution in [2.45, 2.75) is 13.0 Å². The molecule has 4 rings (SSSR count). The fourth-order valence-electron chi connectivity index (χ4n) is 3.84. The number of rotatable bonds is 10. The van der Waals surface area contributed by atoms with E-state index >= 15 is 0 Å². The molecule has 0 unspecified atom stereocenters. The third kappa shape index (κ3) is 6.44. The predicted octanol–water partition coefficient (Wildman–Crippen LogP) is 5.97. The Bertz CT molecular complexity index is 1400. The Morgan fingerprint density at radius 2 is 1.94 bits per heavy atom. The molecule has 1 aromatic heterocycles. The maximum atomic E-state index is 13.5. The number of hydrogen-bond donors (Lipinski definition) is 1. The van der Waals surface area contributed by atoms with Gasteiger partial charge in [-0.05, 0) is 43.0 Å². The molecule has 1 N–H and O–H groups in total. The number of carbonyl (C=O) groups is 1. The van der Waals surface area contributed by atoms with Crippen molar-refractivity contribution in [1.29, 1.82) is 0 Å². The van der Waals surface area contributed by atoms with E-state index in [9.17, 15) is 9.18 Å². The van der Waals surface area contributed by atoms with Crippen molar-refractivity contribution in [2.24, 2.45) is 0 Å². The van der Waals surface area contributed by atoms with E-state index in [2.05, 4.69) is 32.3 Å². The number of nitrogens with zero attached hydrogens (tertiary/aromatic N) is 3. The number of methoxy groups -OCH3 is 1. The fraction of sp³-hybridized carbons (Fsp3) is 0.179. The molecular formula is C28H26ClFN4O2. The predicted molar refractivity (Wildman–Crippen MR) is 141 cm³/mol. The van der Waals surface area contributed by atoms with E-state index in [1.165, 1.54) is 24.0 Å². The number of carbonyl (C=O) groups excluding carboxylic acids is 1. The lowest BCUT2D eigenvalue weighted by atomic mass is 10.0. The first kappa shape index (κ1) is 25.3. The van der Waals surface area contributed by atoms with E-state index in [0.29, 0.717) is 40.3 Å². The minimum atomic E-state index is -0.500. The van der Waals surface area contributed by atoms with Crippen molar-refractivity contribution in [3.05, 3.63) is 101 Å². The van der Waals surface area contributed by atoms with E-state index in [0.717, 1.165) is 6.54 Å². The zero-order valence-electron chi connectivity index (χ0n) is 20.0. The highest BCUT2D eigenvalue weighted by Crippen LogP contribution is 2.31. The zero-order chi connectivity index (χ0) is 25.5. The van der Waals surface area contributed by atoms with Crippen LogP contribution in [0.2, 0.25) is 5.02 Å². The molecule has 0 saturated heterocycles. The van der Waals surface area contributed by atoms with Gasteiger partial charge in [-0.3, -0.25) is 9.69 Å². The van der Waals surface area contributed by atoms with Gasteiger partial charge < -0.3 is 10.1 Å². The first-order valence-electron chi connectivity index (χ1n) is 11.4. The molecule has 6 nitrogen and oxygen atoms in total. The Morgan fingerprint density at radius 1 is 1.14 bits per heavy atom. The summed E-state index contributed by atoms with van der Waals surface area (Å²) in [4.78, 5) is 23.5. The number of nitrogens with one attached hydrogen (secondary N) is 1. The second kappa shape index (κ2) is 11.7. The van der Waals surface area contributed by atoms with E-state index in [1.807, 2.05) is 37.4 Å². The van der Waals surface area contributed by atoms with Crippen LogP contribution in [0.1, 0.15) is 11.1 Å². The van der Waals surface area contributed by atoms with Crippen LogP contribution in [0.15, 0.2) is 79.1 Å². The summed E-state index contributed by atoms with van der Waals surface area (Å²) in [6.45, 7) is 1.45. The largest absolute Gasteiger partial charge is 0.496 e. The van der Waals surface area contributed by atoms with E-state index in [1.54, 1.807) is 25.3 Å². The van der Waals surface area contributed by atoms with Crippen molar-refractivity contribution in [3.8, 4) is 5.75 Å². The smallest absolute Gasteiger partial charge is 0.159 e. The Balaban J connectivity index is 1.49. The average Bonchev–Trinajstić information content (AvgIpc) is 2.87. The van der Waals surface area contributed by atoms with Crippen LogP contribution in [-0.4, -0.2) is 41.4 Å². The second-order valence-electron chi connectivity index (χ2n) is 8.39. The summed E-state index contributed by atoms with van der Waals surface area (Å²) in [5, 5.41) is 3.86. The van der Waals surface area contributed by atoms with Gasteiger partial charge in [-0.25, -0.2) is 14.4 Å². The summed E-state index contributed by atoms with van der Waals surface area (Å²) in [6.07, 6.45) is 5.06. The molecule has 4 aromatic rings. The highest BCUT2D eigenvalue weighted by Gasteiger charge is 2.13. The summed E-state index contributed by atoms with van der Waals surface area (Å²) in [5.41, 5.74) is 3.16. The first-order valence-corrected chi connectivity index (χ1v) is 11.8. The van der Waals surface area contributed by atoms with E-state index in [-0.39, 0.29) is 17.2 Å². The van der Waals surface area contributed by atoms with Gasteiger partial charge in [0.25, 0.3) is 0 Å². The van der Waals surface area contributed by atoms with Crippen molar-refractivity contribution < 1.29 is 13.9 Å². The molecule has 36 heavy (non-hydrogen) atoms. The molecule has 184 valence electrons. The molecule has 0 fully saturated rings. The number of allylic oxidation sites excluding steroid dienone is 1. The molecule has 0 saturated carbocycles. The van der Waals surface area contributed by atoms with Gasteiger partial charge in [-0.15, -0.1) is 0 Å². The molecule has 0 aliphatic rings. The topological polar surface area (TPSA) is 67.4 Å². The minimum Gasteiger partial charge on any atom is -0.496 e. The normalized spacial score (nSPS) is 11.4. The van der Waals surface area contributed by atoms with Gasteiger partial charge in [0.1, 0.15) is 23.7 Å². The highest BCUT2D eigenvalue weighted by atomic mass is 35.5. The number of likely N-dealkylation sites (N-methyl/N-ethyl adjacent to an activating group) is 1. The number of benzene rings is 3. The number of ketones is 1. The quantitative estimate of drug-likeness (QED) is 0.268. The molecule has 3 aromatic carbocycles. The van der Waals surface area contributed by atoms with Crippen molar-refractivity contribution in [2.75, 3.05) is 26.0 Å². The Kier molecular flexibility index (Phi) is 8.25. The maximum absolute atomic E-state index is 13.5. The van der Waals surface area contributed by atoms with Gasteiger partial charge >= 0.3 is 0 Å². The summed E-state index contributed by atoms with van der Waals surface area (Å²) in [7, 11) is 3.57. The van der Waals surface area contributed by atoms with Gasteiger partial charge in [-0.1, -0.05) is 48.0 Å². The minimum absolute atomic E-state index is 0.00696. The Hall–Kier alpha value is -3.81. The lowest BCUT2D eigenvalue weighted by molar-refractivity contribution is -0.114. The molecule has 0 aliphatic heterocycles. The van der Waals surface area contributed by atoms with Gasteiger partial charge in [0.15, 0.2) is 5.78 Å². The second-order valence-corrected chi connectivity index (χ2v) is 8.79. The summed E-state index contributed by atoms with van der Waals surface area (Å²) < 4.78 is 19.1. The average molecular weight is 505 g/mol. The molecule has 1 heterocycles. The van der Waals surface area contributed by atoms with Crippen molar-refractivity contribution in [1.82, 2.24) is 14.9 Å². The third-order valence-electron chi connectivity index (χ3n) is 5.60. The summed E-state index contributed by atoms with van der Waals surface area (Å²) in [5.74, 6) is 0.536. The first-order chi connectivity index (χ1) is 17.4. The van der Waals surface area contributed by atoms with E-state index in [4.69, 9.17) is 16.3 Å². The molecule has 0 amide bonds. The number of ether oxygens (including phenoxy) is 1. The maximum Gasteiger partial charge on any atom is 0.159 e. The molecule has 0 bridgehead atoms. The monoisotopic (exact) mass is 504 g/mol. The highest BCUT2D eigenvalue weighted by molar-refractivity contribution is 6.31. The number of anilines is 2. The zero-order valence-corrected chi connectivity index (χ0v) is 20.8. The molecular weight excluding hydrogens is 479 g/mol. The van der Waals surface area contributed by atoms with Crippen LogP contribution in [0.25, 0.3) is 10.9 Å². The van der Waals surface area contributed by atoms with Crippen LogP contribution in [0.4, 0.5) is 15.9 Å². The van der Waals surface area contributed by atoms with Crippen LogP contribution >= 0.6 is 11.6 Å². The lowest BCUT2D eigenvalue weighted by Gasteiger charge is -2.14. The summed E-state index contributed by atoms with van der Waals surface area (Å²) >= 11 is 5.91. The number of halogens is 2. The summed E-state index contributed by atoms with van der Waals surface area (Å²) in [6, 6.07) is 18.1. The number of fused-ring (bicyclic) bond motifs is 1. The third-order valence-corrected chi connectivity index (χ3v) is 5.89. The van der Waals surface area contributed by atoms with Crippen LogP contribution in [-0.2, 0) is 17.8 Å².